The summed E-state index contributed by atoms with van der Waals surface area (Å²) in [5, 5.41) is 12.4. The average Bonchev–Trinajstić information content (AvgIpc) is 2.94. The number of azo groups is 1. The minimum atomic E-state index is -0.106. The molecular weight excluding hydrogens is 240 g/mol. The first-order valence-corrected chi connectivity index (χ1v) is 6.24. The second-order valence-electron chi connectivity index (χ2n) is 5.68. The van der Waals surface area contributed by atoms with Crippen LogP contribution in [-0.2, 0) is 19.0 Å². The number of aryl methyl sites for hydroxylation is 1. The molecule has 0 unspecified atom stereocenters. The zero-order chi connectivity index (χ0) is 13.6. The van der Waals surface area contributed by atoms with Crippen molar-refractivity contribution in [2.45, 2.75) is 32.7 Å². The zero-order valence-electron chi connectivity index (χ0n) is 11.5. The minimum absolute atomic E-state index is 0.106. The lowest BCUT2D eigenvalue weighted by Gasteiger charge is -2.18. The highest BCUT2D eigenvalue weighted by Crippen LogP contribution is 2.36. The quantitative estimate of drug-likeness (QED) is 0.787. The number of hydrogen-bond acceptors (Lipinski definition) is 5. The third-order valence-corrected chi connectivity index (χ3v) is 3.08. The number of hydrogen-bond donors (Lipinski definition) is 0. The largest absolute Gasteiger partial charge is 0.266 e. The first kappa shape index (κ1) is 12.0. The van der Waals surface area contributed by atoms with Crippen LogP contribution >= 0.6 is 0 Å². The summed E-state index contributed by atoms with van der Waals surface area (Å²) in [5.41, 5.74) is 3.32. The van der Waals surface area contributed by atoms with Crippen LogP contribution in [0.3, 0.4) is 0 Å². The SMILES string of the molecule is Cn1nccc1-c1nc(C(C)(C)C)nc2c1N=NC2. The van der Waals surface area contributed by atoms with Gasteiger partial charge in [-0.15, -0.1) is 0 Å². The average molecular weight is 256 g/mol. The van der Waals surface area contributed by atoms with E-state index in [9.17, 15) is 0 Å². The van der Waals surface area contributed by atoms with E-state index >= 15 is 0 Å². The van der Waals surface area contributed by atoms with Crippen molar-refractivity contribution in [3.8, 4) is 11.4 Å². The van der Waals surface area contributed by atoms with E-state index in [4.69, 9.17) is 4.98 Å². The summed E-state index contributed by atoms with van der Waals surface area (Å²) in [7, 11) is 1.90. The van der Waals surface area contributed by atoms with Gasteiger partial charge in [0.15, 0.2) is 0 Å². The fourth-order valence-corrected chi connectivity index (χ4v) is 2.01. The summed E-state index contributed by atoms with van der Waals surface area (Å²) >= 11 is 0. The fourth-order valence-electron chi connectivity index (χ4n) is 2.01. The zero-order valence-corrected chi connectivity index (χ0v) is 11.5. The molecule has 0 fully saturated rings. The normalized spacial score (nSPS) is 13.9. The van der Waals surface area contributed by atoms with Gasteiger partial charge in [0.05, 0.1) is 11.4 Å². The maximum atomic E-state index is 4.69. The van der Waals surface area contributed by atoms with Crippen molar-refractivity contribution < 1.29 is 0 Å². The van der Waals surface area contributed by atoms with Gasteiger partial charge >= 0.3 is 0 Å². The summed E-state index contributed by atoms with van der Waals surface area (Å²) in [5.74, 6) is 0.815. The molecule has 0 aromatic carbocycles. The molecular formula is C13H16N6. The van der Waals surface area contributed by atoms with Crippen molar-refractivity contribution in [1.82, 2.24) is 19.7 Å². The van der Waals surface area contributed by atoms with Crippen molar-refractivity contribution >= 4 is 5.69 Å². The molecule has 0 amide bonds. The van der Waals surface area contributed by atoms with Crippen molar-refractivity contribution in [2.24, 2.45) is 17.3 Å². The summed E-state index contributed by atoms with van der Waals surface area (Å²) in [4.78, 5) is 9.29. The van der Waals surface area contributed by atoms with Crippen LogP contribution in [0.5, 0.6) is 0 Å². The summed E-state index contributed by atoms with van der Waals surface area (Å²) < 4.78 is 1.79. The molecule has 0 N–H and O–H groups in total. The van der Waals surface area contributed by atoms with Crippen LogP contribution in [0, 0.1) is 0 Å². The Kier molecular flexibility index (Phi) is 2.48. The number of fused-ring (bicyclic) bond motifs is 1. The molecule has 3 rings (SSSR count). The summed E-state index contributed by atoms with van der Waals surface area (Å²) in [6.07, 6.45) is 1.76. The van der Waals surface area contributed by atoms with Gasteiger partial charge in [-0.3, -0.25) is 4.68 Å². The molecule has 3 heterocycles. The molecule has 6 nitrogen and oxygen atoms in total. The molecule has 6 heteroatoms. The van der Waals surface area contributed by atoms with Crippen LogP contribution in [-0.4, -0.2) is 19.7 Å². The van der Waals surface area contributed by atoms with Gasteiger partial charge in [-0.05, 0) is 6.07 Å². The Balaban J connectivity index is 2.26. The van der Waals surface area contributed by atoms with Crippen LogP contribution in [0.1, 0.15) is 32.3 Å². The minimum Gasteiger partial charge on any atom is -0.266 e. The van der Waals surface area contributed by atoms with Gasteiger partial charge < -0.3 is 0 Å². The standard InChI is InChI=1S/C13H16N6/c1-13(2,3)12-16-8-7-14-18-10(8)11(17-12)9-5-6-15-19(9)4/h5-6H,7H2,1-4H3. The number of nitrogens with zero attached hydrogens (tertiary/aromatic N) is 6. The predicted molar refractivity (Wildman–Crippen MR) is 71.2 cm³/mol. The lowest BCUT2D eigenvalue weighted by Crippen LogP contribution is -2.17. The predicted octanol–water partition coefficient (Wildman–Crippen LogP) is 2.77. The van der Waals surface area contributed by atoms with E-state index in [1.165, 1.54) is 0 Å². The fraction of sp³-hybridized carbons (Fsp3) is 0.462. The third kappa shape index (κ3) is 1.93. The second kappa shape index (κ2) is 3.94. The van der Waals surface area contributed by atoms with Crippen LogP contribution in [0.4, 0.5) is 5.69 Å². The molecule has 1 aliphatic heterocycles. The molecule has 2 aromatic heterocycles. The maximum absolute atomic E-state index is 4.69. The van der Waals surface area contributed by atoms with Crippen molar-refractivity contribution in [3.63, 3.8) is 0 Å². The molecule has 98 valence electrons. The van der Waals surface area contributed by atoms with Crippen LogP contribution in [0.25, 0.3) is 11.4 Å². The van der Waals surface area contributed by atoms with Gasteiger partial charge in [0.25, 0.3) is 0 Å². The van der Waals surface area contributed by atoms with E-state index in [2.05, 4.69) is 41.1 Å². The van der Waals surface area contributed by atoms with Gasteiger partial charge in [-0.25, -0.2) is 9.97 Å². The molecule has 0 atom stereocenters. The molecule has 2 aromatic rings. The molecule has 0 spiro atoms. The van der Waals surface area contributed by atoms with Crippen LogP contribution < -0.4 is 0 Å². The molecule has 19 heavy (non-hydrogen) atoms. The van der Waals surface area contributed by atoms with E-state index in [1.54, 1.807) is 10.9 Å². The van der Waals surface area contributed by atoms with E-state index in [1.807, 2.05) is 13.1 Å². The van der Waals surface area contributed by atoms with Gasteiger partial charge in [-0.1, -0.05) is 20.8 Å². The molecule has 0 saturated carbocycles. The van der Waals surface area contributed by atoms with Gasteiger partial charge in [0.2, 0.25) is 0 Å². The highest BCUT2D eigenvalue weighted by molar-refractivity contribution is 5.71. The van der Waals surface area contributed by atoms with E-state index in [-0.39, 0.29) is 5.41 Å². The number of aromatic nitrogens is 4. The Hall–Kier alpha value is -2.11. The molecule has 0 radical (unpaired) electrons. The molecule has 1 aliphatic rings. The van der Waals surface area contributed by atoms with Gasteiger partial charge in [0, 0.05) is 18.7 Å². The molecule has 0 saturated heterocycles. The van der Waals surface area contributed by atoms with Crippen molar-refractivity contribution in [1.29, 1.82) is 0 Å². The lowest BCUT2D eigenvalue weighted by molar-refractivity contribution is 0.543. The second-order valence-corrected chi connectivity index (χ2v) is 5.68. The van der Waals surface area contributed by atoms with E-state index < -0.39 is 0 Å². The smallest absolute Gasteiger partial charge is 0.137 e. The topological polar surface area (TPSA) is 68.3 Å². The lowest BCUT2D eigenvalue weighted by atomic mass is 9.95. The highest BCUT2D eigenvalue weighted by Gasteiger charge is 2.25. The van der Waals surface area contributed by atoms with Crippen LogP contribution in [0.15, 0.2) is 22.5 Å². The molecule has 0 bridgehead atoms. The van der Waals surface area contributed by atoms with Crippen molar-refractivity contribution in [3.05, 3.63) is 23.8 Å². The number of rotatable bonds is 1. The maximum Gasteiger partial charge on any atom is 0.137 e. The van der Waals surface area contributed by atoms with E-state index in [0.717, 1.165) is 28.6 Å². The van der Waals surface area contributed by atoms with Gasteiger partial charge in [0.1, 0.15) is 23.8 Å². The Bertz CT molecular complexity index is 662. The Labute approximate surface area is 111 Å². The first-order chi connectivity index (χ1) is 8.97. The monoisotopic (exact) mass is 256 g/mol. The van der Waals surface area contributed by atoms with E-state index in [0.29, 0.717) is 6.54 Å². The Morgan fingerprint density at radius 1 is 1.21 bits per heavy atom. The van der Waals surface area contributed by atoms with Crippen molar-refractivity contribution in [2.75, 3.05) is 0 Å². The summed E-state index contributed by atoms with van der Waals surface area (Å²) in [6.45, 7) is 6.84. The summed E-state index contributed by atoms with van der Waals surface area (Å²) in [6, 6.07) is 1.93. The first-order valence-electron chi connectivity index (χ1n) is 6.24. The Morgan fingerprint density at radius 3 is 2.63 bits per heavy atom. The Morgan fingerprint density at radius 2 is 2.00 bits per heavy atom. The highest BCUT2D eigenvalue weighted by atomic mass is 15.3. The van der Waals surface area contributed by atoms with Gasteiger partial charge in [-0.2, -0.15) is 15.3 Å². The van der Waals surface area contributed by atoms with Crippen LogP contribution in [0.2, 0.25) is 0 Å². The third-order valence-electron chi connectivity index (χ3n) is 3.08. The molecule has 0 aliphatic carbocycles.